The molecule has 0 aliphatic carbocycles. The van der Waals surface area contributed by atoms with Gasteiger partial charge in [0.2, 0.25) is 0 Å². The molecule has 27 heavy (non-hydrogen) atoms. The van der Waals surface area contributed by atoms with Gasteiger partial charge in [-0.05, 0) is 37.5 Å². The van der Waals surface area contributed by atoms with E-state index in [0.29, 0.717) is 29.8 Å². The molecule has 0 spiro atoms. The van der Waals surface area contributed by atoms with Gasteiger partial charge in [0.25, 0.3) is 11.5 Å². The van der Waals surface area contributed by atoms with Gasteiger partial charge in [-0.15, -0.1) is 0 Å². The highest BCUT2D eigenvalue weighted by Crippen LogP contribution is 2.17. The van der Waals surface area contributed by atoms with E-state index in [2.05, 4.69) is 10.3 Å². The van der Waals surface area contributed by atoms with E-state index in [-0.39, 0.29) is 22.7 Å². The lowest BCUT2D eigenvalue weighted by molar-refractivity contribution is 0.0938. The Morgan fingerprint density at radius 2 is 2.26 bits per heavy atom. The monoisotopic (exact) mass is 367 g/mol. The lowest BCUT2D eigenvalue weighted by Crippen LogP contribution is -2.35. The Kier molecular flexibility index (Phi) is 4.27. The van der Waals surface area contributed by atoms with Gasteiger partial charge in [-0.3, -0.25) is 19.4 Å². The maximum absolute atomic E-state index is 13.1. The van der Waals surface area contributed by atoms with Crippen molar-refractivity contribution in [3.8, 4) is 0 Å². The van der Waals surface area contributed by atoms with E-state index in [0.717, 1.165) is 18.4 Å². The summed E-state index contributed by atoms with van der Waals surface area (Å²) in [6.45, 7) is 2.97. The summed E-state index contributed by atoms with van der Waals surface area (Å²) in [6, 6.07) is 5.13. The number of carbonyl (C=O) groups excluding carboxylic acids is 1. The third-order valence-corrected chi connectivity index (χ3v) is 4.94. The maximum Gasteiger partial charge on any atom is 0.267 e. The molecule has 1 fully saturated rings. The SMILES string of the molecule is CNC(=O)c1cc2c(=O)n3cc(C)ccc3nc2n(C[C@H]2CCCO2)c1=N. The zero-order valence-corrected chi connectivity index (χ0v) is 15.3. The molecule has 8 heteroatoms. The van der Waals surface area contributed by atoms with Crippen molar-refractivity contribution in [1.29, 1.82) is 5.41 Å². The molecule has 0 unspecified atom stereocenters. The molecule has 1 aliphatic heterocycles. The Bertz CT molecular complexity index is 1170. The Morgan fingerprint density at radius 3 is 2.96 bits per heavy atom. The van der Waals surface area contributed by atoms with Gasteiger partial charge in [0.05, 0.1) is 23.6 Å². The van der Waals surface area contributed by atoms with Crippen molar-refractivity contribution in [1.82, 2.24) is 19.3 Å². The number of aryl methyl sites for hydroxylation is 1. The summed E-state index contributed by atoms with van der Waals surface area (Å²) in [5, 5.41) is 11.4. The second-order valence-corrected chi connectivity index (χ2v) is 6.82. The standard InChI is InChI=1S/C19H21N5O3/c1-11-5-6-15-22-17-14(19(26)23(15)9-11)8-13(18(25)21-2)16(20)24(17)10-12-4-3-7-27-12/h5-6,8-9,12,20H,3-4,7,10H2,1-2H3,(H,21,25)/t12-/m1/s1. The number of rotatable bonds is 3. The van der Waals surface area contributed by atoms with Crippen LogP contribution in [0.15, 0.2) is 29.2 Å². The Balaban J connectivity index is 2.07. The van der Waals surface area contributed by atoms with Crippen LogP contribution in [0.5, 0.6) is 0 Å². The van der Waals surface area contributed by atoms with Crippen molar-refractivity contribution in [3.05, 3.63) is 51.4 Å². The summed E-state index contributed by atoms with van der Waals surface area (Å²) in [5.74, 6) is -0.406. The van der Waals surface area contributed by atoms with Crippen LogP contribution in [-0.4, -0.2) is 39.6 Å². The van der Waals surface area contributed by atoms with Crippen LogP contribution in [0.3, 0.4) is 0 Å². The third-order valence-electron chi connectivity index (χ3n) is 4.94. The van der Waals surface area contributed by atoms with Gasteiger partial charge in [0.1, 0.15) is 16.8 Å². The van der Waals surface area contributed by atoms with Crippen molar-refractivity contribution in [3.63, 3.8) is 0 Å². The van der Waals surface area contributed by atoms with E-state index >= 15 is 0 Å². The predicted octanol–water partition coefficient (Wildman–Crippen LogP) is 0.976. The Morgan fingerprint density at radius 1 is 1.44 bits per heavy atom. The molecule has 4 rings (SSSR count). The number of hydrogen-bond acceptors (Lipinski definition) is 5. The van der Waals surface area contributed by atoms with Crippen LogP contribution in [0, 0.1) is 12.3 Å². The van der Waals surface area contributed by atoms with E-state index in [1.165, 1.54) is 17.5 Å². The van der Waals surface area contributed by atoms with E-state index < -0.39 is 5.91 Å². The molecule has 1 atom stereocenters. The van der Waals surface area contributed by atoms with Gasteiger partial charge in [-0.2, -0.15) is 0 Å². The molecule has 3 aromatic rings. The number of nitrogens with one attached hydrogen (secondary N) is 2. The van der Waals surface area contributed by atoms with Crippen molar-refractivity contribution >= 4 is 22.6 Å². The number of pyridine rings is 2. The van der Waals surface area contributed by atoms with Crippen LogP contribution >= 0.6 is 0 Å². The van der Waals surface area contributed by atoms with Gasteiger partial charge in [-0.1, -0.05) is 6.07 Å². The second-order valence-electron chi connectivity index (χ2n) is 6.82. The van der Waals surface area contributed by atoms with E-state index in [4.69, 9.17) is 10.1 Å². The average molecular weight is 367 g/mol. The van der Waals surface area contributed by atoms with E-state index in [1.54, 1.807) is 16.8 Å². The predicted molar refractivity (Wildman–Crippen MR) is 99.9 cm³/mol. The number of nitrogens with zero attached hydrogens (tertiary/aromatic N) is 3. The minimum Gasteiger partial charge on any atom is -0.376 e. The lowest BCUT2D eigenvalue weighted by Gasteiger charge is -2.17. The van der Waals surface area contributed by atoms with E-state index in [1.807, 2.05) is 13.0 Å². The normalized spacial score (nSPS) is 16.9. The van der Waals surface area contributed by atoms with Gasteiger partial charge < -0.3 is 14.6 Å². The molecule has 0 saturated carbocycles. The molecular weight excluding hydrogens is 346 g/mol. The molecule has 0 radical (unpaired) electrons. The largest absolute Gasteiger partial charge is 0.376 e. The maximum atomic E-state index is 13.1. The number of ether oxygens (including phenoxy) is 1. The van der Waals surface area contributed by atoms with Crippen molar-refractivity contribution in [2.45, 2.75) is 32.4 Å². The number of carbonyl (C=O) groups is 1. The smallest absolute Gasteiger partial charge is 0.267 e. The highest BCUT2D eigenvalue weighted by atomic mass is 16.5. The summed E-state index contributed by atoms with van der Waals surface area (Å²) in [4.78, 5) is 30.0. The molecule has 3 aromatic heterocycles. The second kappa shape index (κ2) is 6.62. The lowest BCUT2D eigenvalue weighted by atomic mass is 10.1. The van der Waals surface area contributed by atoms with E-state index in [9.17, 15) is 9.59 Å². The first-order chi connectivity index (χ1) is 13.0. The topological polar surface area (TPSA) is 101 Å². The minimum absolute atomic E-state index is 0.0284. The van der Waals surface area contributed by atoms with Crippen LogP contribution in [0.2, 0.25) is 0 Å². The quantitative estimate of drug-likeness (QED) is 0.674. The summed E-state index contributed by atoms with van der Waals surface area (Å²) in [5.41, 5.74) is 1.75. The van der Waals surface area contributed by atoms with Gasteiger partial charge >= 0.3 is 0 Å². The average Bonchev–Trinajstić information content (AvgIpc) is 3.17. The Hall–Kier alpha value is -3.00. The molecule has 140 valence electrons. The van der Waals surface area contributed by atoms with Crippen molar-refractivity contribution in [2.24, 2.45) is 0 Å². The Labute approximate surface area is 154 Å². The molecule has 8 nitrogen and oxygen atoms in total. The molecule has 0 bridgehead atoms. The first kappa shape index (κ1) is 17.4. The van der Waals surface area contributed by atoms with Crippen molar-refractivity contribution < 1.29 is 9.53 Å². The fourth-order valence-corrected chi connectivity index (χ4v) is 3.52. The summed E-state index contributed by atoms with van der Waals surface area (Å²) in [6.07, 6.45) is 3.51. The fourth-order valence-electron chi connectivity index (χ4n) is 3.52. The summed E-state index contributed by atoms with van der Waals surface area (Å²) < 4.78 is 8.80. The fraction of sp³-hybridized carbons (Fsp3) is 0.368. The van der Waals surface area contributed by atoms with Crippen LogP contribution in [-0.2, 0) is 11.3 Å². The zero-order valence-electron chi connectivity index (χ0n) is 15.3. The summed E-state index contributed by atoms with van der Waals surface area (Å²) in [7, 11) is 1.51. The molecule has 1 aliphatic rings. The molecule has 1 saturated heterocycles. The van der Waals surface area contributed by atoms with Crippen LogP contribution in [0.4, 0.5) is 0 Å². The first-order valence-electron chi connectivity index (χ1n) is 8.94. The number of aromatic nitrogens is 3. The highest BCUT2D eigenvalue weighted by Gasteiger charge is 2.21. The van der Waals surface area contributed by atoms with Crippen LogP contribution in [0.25, 0.3) is 16.7 Å². The number of fused-ring (bicyclic) bond motifs is 2. The third kappa shape index (κ3) is 2.91. The number of hydrogen-bond donors (Lipinski definition) is 2. The molecule has 0 aromatic carbocycles. The first-order valence-corrected chi connectivity index (χ1v) is 8.94. The molecular formula is C19H21N5O3. The van der Waals surface area contributed by atoms with Gasteiger partial charge in [-0.25, -0.2) is 4.98 Å². The molecule has 1 amide bonds. The van der Waals surface area contributed by atoms with Crippen LogP contribution < -0.4 is 16.4 Å². The zero-order chi connectivity index (χ0) is 19.1. The minimum atomic E-state index is -0.406. The molecule has 4 heterocycles. The molecule has 2 N–H and O–H groups in total. The number of amides is 1. The van der Waals surface area contributed by atoms with Crippen molar-refractivity contribution in [2.75, 3.05) is 13.7 Å². The van der Waals surface area contributed by atoms with Gasteiger partial charge in [0.15, 0.2) is 0 Å². The summed E-state index contributed by atoms with van der Waals surface area (Å²) >= 11 is 0. The van der Waals surface area contributed by atoms with Crippen LogP contribution in [0.1, 0.15) is 28.8 Å². The van der Waals surface area contributed by atoms with Gasteiger partial charge in [0, 0.05) is 19.9 Å². The highest BCUT2D eigenvalue weighted by molar-refractivity contribution is 5.96.